The number of hydrogen-bond donors (Lipinski definition) is 2. The van der Waals surface area contributed by atoms with Gasteiger partial charge in [0.15, 0.2) is 0 Å². The van der Waals surface area contributed by atoms with Gasteiger partial charge in [0.25, 0.3) is 0 Å². The van der Waals surface area contributed by atoms with Gasteiger partial charge in [-0.3, -0.25) is 0 Å². The molecule has 64 valence electrons. The van der Waals surface area contributed by atoms with Crippen molar-refractivity contribution in [1.82, 2.24) is 0 Å². The van der Waals surface area contributed by atoms with E-state index in [0.29, 0.717) is 0 Å². The van der Waals surface area contributed by atoms with Crippen LogP contribution >= 0.6 is 12.6 Å². The van der Waals surface area contributed by atoms with Gasteiger partial charge >= 0.3 is 0 Å². The maximum Gasteiger partial charge on any atom is 0.0417 e. The summed E-state index contributed by atoms with van der Waals surface area (Å²) in [5.74, 6) is 0.743. The number of benzene rings is 1. The molecule has 0 atom stereocenters. The molecule has 0 aromatic heterocycles. The van der Waals surface area contributed by atoms with E-state index in [0.717, 1.165) is 22.6 Å². The summed E-state index contributed by atoms with van der Waals surface area (Å²) < 4.78 is 0. The highest BCUT2D eigenvalue weighted by molar-refractivity contribution is 7.80. The highest BCUT2D eigenvalue weighted by atomic mass is 32.1. The first kappa shape index (κ1) is 9.20. The van der Waals surface area contributed by atoms with Crippen LogP contribution in [0.15, 0.2) is 24.3 Å². The van der Waals surface area contributed by atoms with E-state index in [1.54, 1.807) is 0 Å². The standard InChI is InChI=1S/C10H13NS/c1-8-4-2-5-9(10(8)11)6-3-7-12/h2-6,12H,7,11H2,1H3. The third-order valence-corrected chi connectivity index (χ3v) is 1.97. The number of para-hydroxylation sites is 1. The largest absolute Gasteiger partial charge is 0.398 e. The monoisotopic (exact) mass is 179 g/mol. The summed E-state index contributed by atoms with van der Waals surface area (Å²) in [7, 11) is 0. The van der Waals surface area contributed by atoms with Crippen molar-refractivity contribution in [3.8, 4) is 0 Å². The first-order valence-electron chi connectivity index (χ1n) is 3.88. The van der Waals surface area contributed by atoms with Crippen LogP contribution in [-0.4, -0.2) is 5.75 Å². The van der Waals surface area contributed by atoms with Gasteiger partial charge in [-0.15, -0.1) is 0 Å². The molecule has 0 unspecified atom stereocenters. The zero-order valence-corrected chi connectivity index (χ0v) is 8.01. The summed E-state index contributed by atoms with van der Waals surface area (Å²) in [5, 5.41) is 0. The lowest BCUT2D eigenvalue weighted by atomic mass is 10.1. The van der Waals surface area contributed by atoms with Crippen LogP contribution in [0, 0.1) is 6.92 Å². The van der Waals surface area contributed by atoms with Crippen LogP contribution in [0.5, 0.6) is 0 Å². The molecule has 0 aliphatic heterocycles. The second kappa shape index (κ2) is 4.21. The van der Waals surface area contributed by atoms with E-state index >= 15 is 0 Å². The third kappa shape index (κ3) is 2.05. The van der Waals surface area contributed by atoms with Crippen LogP contribution in [-0.2, 0) is 0 Å². The molecule has 0 radical (unpaired) electrons. The number of nitrogens with two attached hydrogens (primary N) is 1. The fraction of sp³-hybridized carbons (Fsp3) is 0.200. The van der Waals surface area contributed by atoms with Gasteiger partial charge in [0, 0.05) is 11.4 Å². The number of aryl methyl sites for hydroxylation is 1. The minimum atomic E-state index is 0.743. The van der Waals surface area contributed by atoms with Gasteiger partial charge in [0.05, 0.1) is 0 Å². The first-order chi connectivity index (χ1) is 5.75. The molecule has 0 aliphatic carbocycles. The van der Waals surface area contributed by atoms with Gasteiger partial charge in [-0.2, -0.15) is 12.6 Å². The molecule has 0 aliphatic rings. The number of nitrogen functional groups attached to an aromatic ring is 1. The molecule has 0 bridgehead atoms. The van der Waals surface area contributed by atoms with Gasteiger partial charge in [-0.25, -0.2) is 0 Å². The number of thiol groups is 1. The Morgan fingerprint density at radius 1 is 1.50 bits per heavy atom. The van der Waals surface area contributed by atoms with E-state index in [2.05, 4.69) is 12.6 Å². The SMILES string of the molecule is Cc1cccc(C=CCS)c1N. The Kier molecular flexibility index (Phi) is 3.23. The fourth-order valence-corrected chi connectivity index (χ4v) is 1.13. The second-order valence-electron chi connectivity index (χ2n) is 2.66. The normalized spacial score (nSPS) is 10.8. The van der Waals surface area contributed by atoms with Gasteiger partial charge in [0.1, 0.15) is 0 Å². The Morgan fingerprint density at radius 3 is 2.92 bits per heavy atom. The van der Waals surface area contributed by atoms with Crippen LogP contribution in [0.4, 0.5) is 5.69 Å². The molecule has 1 rings (SSSR count). The topological polar surface area (TPSA) is 26.0 Å². The molecular weight excluding hydrogens is 166 g/mol. The Bertz CT molecular complexity index is 292. The molecule has 2 N–H and O–H groups in total. The zero-order valence-electron chi connectivity index (χ0n) is 7.12. The Labute approximate surface area is 78.7 Å². The fourth-order valence-electron chi connectivity index (χ4n) is 1.03. The van der Waals surface area contributed by atoms with E-state index in [1.165, 1.54) is 0 Å². The molecule has 0 fully saturated rings. The minimum absolute atomic E-state index is 0.743. The van der Waals surface area contributed by atoms with Crippen molar-refractivity contribution in [2.24, 2.45) is 0 Å². The highest BCUT2D eigenvalue weighted by Crippen LogP contribution is 2.17. The maximum absolute atomic E-state index is 5.85. The summed E-state index contributed by atoms with van der Waals surface area (Å²) in [6.07, 6.45) is 3.98. The van der Waals surface area contributed by atoms with Crippen molar-refractivity contribution < 1.29 is 0 Å². The molecule has 0 amide bonds. The van der Waals surface area contributed by atoms with Crippen LogP contribution < -0.4 is 5.73 Å². The predicted molar refractivity (Wildman–Crippen MR) is 58.5 cm³/mol. The van der Waals surface area contributed by atoms with Crippen LogP contribution in [0.2, 0.25) is 0 Å². The average molecular weight is 179 g/mol. The lowest BCUT2D eigenvalue weighted by Gasteiger charge is -2.02. The Balaban J connectivity index is 3.00. The molecule has 0 spiro atoms. The van der Waals surface area contributed by atoms with Crippen molar-refractivity contribution in [3.05, 3.63) is 35.4 Å². The average Bonchev–Trinajstić information content (AvgIpc) is 2.08. The van der Waals surface area contributed by atoms with Gasteiger partial charge in [-0.05, 0) is 18.1 Å². The first-order valence-corrected chi connectivity index (χ1v) is 4.51. The van der Waals surface area contributed by atoms with Crippen molar-refractivity contribution >= 4 is 24.4 Å². The van der Waals surface area contributed by atoms with Crippen LogP contribution in [0.25, 0.3) is 6.08 Å². The van der Waals surface area contributed by atoms with E-state index in [9.17, 15) is 0 Å². The van der Waals surface area contributed by atoms with E-state index < -0.39 is 0 Å². The van der Waals surface area contributed by atoms with Gasteiger partial charge in [0.2, 0.25) is 0 Å². The van der Waals surface area contributed by atoms with E-state index in [4.69, 9.17) is 5.73 Å². The summed E-state index contributed by atoms with van der Waals surface area (Å²) in [4.78, 5) is 0. The molecular formula is C10H13NS. The molecule has 12 heavy (non-hydrogen) atoms. The number of hydrogen-bond acceptors (Lipinski definition) is 2. The Hall–Kier alpha value is -0.890. The second-order valence-corrected chi connectivity index (χ2v) is 3.03. The zero-order chi connectivity index (χ0) is 8.97. The molecule has 0 heterocycles. The van der Waals surface area contributed by atoms with E-state index in [1.807, 2.05) is 37.3 Å². The lowest BCUT2D eigenvalue weighted by molar-refractivity contribution is 1.46. The molecule has 1 aromatic carbocycles. The highest BCUT2D eigenvalue weighted by Gasteiger charge is 1.95. The molecule has 0 saturated heterocycles. The maximum atomic E-state index is 5.85. The summed E-state index contributed by atoms with van der Waals surface area (Å²) >= 11 is 4.08. The third-order valence-electron chi connectivity index (χ3n) is 1.76. The summed E-state index contributed by atoms with van der Waals surface area (Å²) in [6.45, 7) is 2.01. The Morgan fingerprint density at radius 2 is 2.25 bits per heavy atom. The smallest absolute Gasteiger partial charge is 0.0417 e. The van der Waals surface area contributed by atoms with E-state index in [-0.39, 0.29) is 0 Å². The van der Waals surface area contributed by atoms with Crippen LogP contribution in [0.1, 0.15) is 11.1 Å². The number of rotatable bonds is 2. The molecule has 1 nitrogen and oxygen atoms in total. The van der Waals surface area contributed by atoms with Crippen molar-refractivity contribution in [2.75, 3.05) is 11.5 Å². The molecule has 1 aromatic rings. The quantitative estimate of drug-likeness (QED) is 0.529. The molecule has 0 saturated carbocycles. The van der Waals surface area contributed by atoms with Crippen molar-refractivity contribution in [3.63, 3.8) is 0 Å². The summed E-state index contributed by atoms with van der Waals surface area (Å²) in [5.41, 5.74) is 8.90. The van der Waals surface area contributed by atoms with Gasteiger partial charge in [-0.1, -0.05) is 30.4 Å². The molecule has 2 heteroatoms. The lowest BCUT2D eigenvalue weighted by Crippen LogP contribution is -1.92. The number of anilines is 1. The predicted octanol–water partition coefficient (Wildman–Crippen LogP) is 2.52. The van der Waals surface area contributed by atoms with Crippen LogP contribution in [0.3, 0.4) is 0 Å². The van der Waals surface area contributed by atoms with Crippen molar-refractivity contribution in [2.45, 2.75) is 6.92 Å². The van der Waals surface area contributed by atoms with Gasteiger partial charge < -0.3 is 5.73 Å². The van der Waals surface area contributed by atoms with Crippen molar-refractivity contribution in [1.29, 1.82) is 0 Å². The minimum Gasteiger partial charge on any atom is -0.398 e. The summed E-state index contributed by atoms with van der Waals surface area (Å²) in [6, 6.07) is 6.01.